The summed E-state index contributed by atoms with van der Waals surface area (Å²) in [5.41, 5.74) is 2.60. The first-order valence-electron chi connectivity index (χ1n) is 9.28. The van der Waals surface area contributed by atoms with Crippen molar-refractivity contribution in [1.82, 2.24) is 9.88 Å². The Balaban J connectivity index is 0.00000196. The summed E-state index contributed by atoms with van der Waals surface area (Å²) in [5.74, 6) is -0.207. The summed E-state index contributed by atoms with van der Waals surface area (Å²) < 4.78 is 0. The molecule has 0 unspecified atom stereocenters. The number of likely N-dealkylation sites (tertiary alicyclic amines) is 1. The monoisotopic (exact) mass is 374 g/mol. The van der Waals surface area contributed by atoms with Crippen molar-refractivity contribution in [1.29, 1.82) is 0 Å². The minimum Gasteiger partial charge on any atom is -1.00 e. The van der Waals surface area contributed by atoms with E-state index in [4.69, 9.17) is 5.11 Å². The van der Waals surface area contributed by atoms with Crippen molar-refractivity contribution in [2.75, 3.05) is 6.54 Å². The van der Waals surface area contributed by atoms with E-state index in [1.165, 1.54) is 11.1 Å². The van der Waals surface area contributed by atoms with Crippen molar-refractivity contribution < 1.29 is 40.9 Å². The van der Waals surface area contributed by atoms with Gasteiger partial charge in [0.15, 0.2) is 0 Å². The number of pyridine rings is 1. The van der Waals surface area contributed by atoms with Crippen LogP contribution in [-0.2, 0) is 11.3 Å². The van der Waals surface area contributed by atoms with Crippen molar-refractivity contribution in [3.05, 3.63) is 78.1 Å². The van der Waals surface area contributed by atoms with E-state index in [1.54, 1.807) is 0 Å². The van der Waals surface area contributed by atoms with Gasteiger partial charge in [-0.05, 0) is 48.9 Å². The first-order valence-corrected chi connectivity index (χ1v) is 9.28. The minimum absolute atomic E-state index is 0. The second-order valence-corrected chi connectivity index (χ2v) is 6.88. The number of carboxylic acids is 1. The Morgan fingerprint density at radius 1 is 1.22 bits per heavy atom. The Morgan fingerprint density at radius 3 is 2.74 bits per heavy atom. The number of carboxylic acid groups (broad SMARTS) is 1. The van der Waals surface area contributed by atoms with E-state index >= 15 is 0 Å². The van der Waals surface area contributed by atoms with Crippen molar-refractivity contribution in [3.8, 4) is 0 Å². The molecule has 27 heavy (non-hydrogen) atoms. The first kappa shape index (κ1) is 21.8. The number of aromatic nitrogens is 1. The van der Waals surface area contributed by atoms with Crippen molar-refractivity contribution in [2.24, 2.45) is 5.92 Å². The average Bonchev–Trinajstić information content (AvgIpc) is 3.05. The molecule has 0 saturated carbocycles. The molecule has 1 aromatic carbocycles. The van der Waals surface area contributed by atoms with E-state index < -0.39 is 5.97 Å². The second kappa shape index (κ2) is 11.4. The molecule has 2 atom stereocenters. The molecule has 1 aliphatic heterocycles. The van der Waals surface area contributed by atoms with Gasteiger partial charge in [0, 0.05) is 31.4 Å². The fourth-order valence-electron chi connectivity index (χ4n) is 3.80. The fourth-order valence-corrected chi connectivity index (χ4v) is 3.80. The molecule has 0 radical (unpaired) electrons. The standard InChI is InChI=1S/C22H26N2O2.Na.H/c25-21(26)12-6-2-5-10-19-13-15-24(17-18-8-3-1-4-9-18)22(19)20-11-7-14-23-16-20;;/h1-5,7-9,11,14,16,19,22H,6,10,12-13,15,17H2,(H,25,26);;/q;+1;-1/b5-2-;;/t19-,22+;;/m1../s1. The van der Waals surface area contributed by atoms with E-state index in [9.17, 15) is 4.79 Å². The average molecular weight is 374 g/mol. The van der Waals surface area contributed by atoms with Crippen LogP contribution in [0.15, 0.2) is 67.0 Å². The molecule has 0 amide bonds. The van der Waals surface area contributed by atoms with Crippen molar-refractivity contribution in [2.45, 2.75) is 38.3 Å². The molecule has 4 nitrogen and oxygen atoms in total. The zero-order chi connectivity index (χ0) is 18.2. The van der Waals surface area contributed by atoms with E-state index in [0.29, 0.717) is 18.4 Å². The van der Waals surface area contributed by atoms with Gasteiger partial charge < -0.3 is 6.53 Å². The zero-order valence-corrected chi connectivity index (χ0v) is 18.0. The molecule has 2 aromatic rings. The molecule has 138 valence electrons. The van der Waals surface area contributed by atoms with Crippen LogP contribution in [0.25, 0.3) is 0 Å². The maximum Gasteiger partial charge on any atom is 1.00 e. The number of carbonyl (C=O) groups is 1. The number of aliphatic carboxylic acids is 1. The van der Waals surface area contributed by atoms with Crippen LogP contribution in [0.5, 0.6) is 0 Å². The van der Waals surface area contributed by atoms with Crippen LogP contribution >= 0.6 is 0 Å². The predicted octanol–water partition coefficient (Wildman–Crippen LogP) is 1.57. The third kappa shape index (κ3) is 6.58. The largest absolute Gasteiger partial charge is 1.00 e. The second-order valence-electron chi connectivity index (χ2n) is 6.88. The van der Waals surface area contributed by atoms with Crippen LogP contribution in [0.4, 0.5) is 0 Å². The van der Waals surface area contributed by atoms with Crippen LogP contribution in [-0.4, -0.2) is 27.5 Å². The van der Waals surface area contributed by atoms with Crippen molar-refractivity contribution >= 4 is 5.97 Å². The number of hydrogen-bond donors (Lipinski definition) is 1. The molecule has 0 spiro atoms. The molecule has 1 aromatic heterocycles. The van der Waals surface area contributed by atoms with Crippen molar-refractivity contribution in [3.63, 3.8) is 0 Å². The summed E-state index contributed by atoms with van der Waals surface area (Å²) in [7, 11) is 0. The van der Waals surface area contributed by atoms with Gasteiger partial charge >= 0.3 is 35.5 Å². The Bertz CT molecular complexity index is 728. The third-order valence-corrected chi connectivity index (χ3v) is 5.01. The maximum atomic E-state index is 10.6. The van der Waals surface area contributed by atoms with Gasteiger partial charge in [-0.2, -0.15) is 0 Å². The van der Waals surface area contributed by atoms with Crippen LogP contribution in [0, 0.1) is 5.92 Å². The van der Waals surface area contributed by atoms with Gasteiger partial charge in [-0.3, -0.25) is 14.7 Å². The number of allylic oxidation sites excluding steroid dienone is 2. The van der Waals surface area contributed by atoms with Gasteiger partial charge in [-0.15, -0.1) is 0 Å². The number of nitrogens with zero attached hydrogens (tertiary/aromatic N) is 2. The van der Waals surface area contributed by atoms with Gasteiger partial charge in [-0.1, -0.05) is 48.6 Å². The van der Waals surface area contributed by atoms with Gasteiger partial charge in [0.2, 0.25) is 0 Å². The third-order valence-electron chi connectivity index (χ3n) is 5.01. The Hall–Kier alpha value is -1.46. The normalized spacial score (nSPS) is 19.9. The minimum atomic E-state index is -0.738. The molecular weight excluding hydrogens is 347 g/mol. The van der Waals surface area contributed by atoms with Crippen LogP contribution in [0.2, 0.25) is 0 Å². The molecular formula is C22H27N2NaO2. The van der Waals surface area contributed by atoms with Gasteiger partial charge in [-0.25, -0.2) is 0 Å². The molecule has 3 rings (SSSR count). The first-order chi connectivity index (χ1) is 12.7. The zero-order valence-electron chi connectivity index (χ0n) is 17.0. The van der Waals surface area contributed by atoms with E-state index in [0.717, 1.165) is 25.9 Å². The van der Waals surface area contributed by atoms with Gasteiger partial charge in [0.1, 0.15) is 0 Å². The quantitative estimate of drug-likeness (QED) is 0.563. The molecule has 1 aliphatic rings. The number of benzene rings is 1. The van der Waals surface area contributed by atoms with E-state index in [2.05, 4.69) is 52.4 Å². The van der Waals surface area contributed by atoms with E-state index in [-0.39, 0.29) is 37.4 Å². The number of hydrogen-bond acceptors (Lipinski definition) is 3. The molecule has 1 saturated heterocycles. The summed E-state index contributed by atoms with van der Waals surface area (Å²) in [5, 5.41) is 8.74. The Kier molecular flexibility index (Phi) is 9.22. The fraction of sp³-hybridized carbons (Fsp3) is 0.364. The Labute approximate surface area is 185 Å². The molecule has 1 fully saturated rings. The summed E-state index contributed by atoms with van der Waals surface area (Å²) in [6.07, 6.45) is 10.9. The number of rotatable bonds is 8. The Morgan fingerprint density at radius 2 is 2.04 bits per heavy atom. The van der Waals surface area contributed by atoms with Gasteiger partial charge in [0.25, 0.3) is 0 Å². The van der Waals surface area contributed by atoms with Gasteiger partial charge in [0.05, 0.1) is 0 Å². The maximum absolute atomic E-state index is 10.6. The SMILES string of the molecule is O=C(O)CC/C=C\C[C@@H]1CCN(Cc2ccccc2)[C@@H]1c1cccnc1.[H-].[Na+]. The van der Waals surface area contributed by atoms with Crippen LogP contribution in [0.3, 0.4) is 0 Å². The predicted molar refractivity (Wildman–Crippen MR) is 104 cm³/mol. The molecule has 5 heteroatoms. The summed E-state index contributed by atoms with van der Waals surface area (Å²) >= 11 is 0. The molecule has 1 N–H and O–H groups in total. The summed E-state index contributed by atoms with van der Waals surface area (Å²) in [4.78, 5) is 17.5. The molecule has 2 heterocycles. The van der Waals surface area contributed by atoms with Crippen LogP contribution < -0.4 is 29.6 Å². The van der Waals surface area contributed by atoms with E-state index in [1.807, 2.05) is 24.5 Å². The molecule has 0 aliphatic carbocycles. The smallest absolute Gasteiger partial charge is 1.00 e. The molecule has 0 bridgehead atoms. The van der Waals surface area contributed by atoms with Crippen LogP contribution in [0.1, 0.15) is 44.3 Å². The summed E-state index contributed by atoms with van der Waals surface area (Å²) in [6.45, 7) is 2.02. The summed E-state index contributed by atoms with van der Waals surface area (Å²) in [6, 6.07) is 15.1. The topological polar surface area (TPSA) is 53.4 Å².